The number of benzene rings is 1. The van der Waals surface area contributed by atoms with Crippen LogP contribution in [0.5, 0.6) is 11.5 Å². The molecule has 2 aromatic rings. The molecule has 0 bridgehead atoms. The molecule has 0 saturated carbocycles. The van der Waals surface area contributed by atoms with Crippen LogP contribution in [0.2, 0.25) is 0 Å². The van der Waals surface area contributed by atoms with Gasteiger partial charge >= 0.3 is 0 Å². The zero-order valence-electron chi connectivity index (χ0n) is 9.02. The summed E-state index contributed by atoms with van der Waals surface area (Å²) >= 11 is 3.21. The van der Waals surface area contributed by atoms with Crippen molar-refractivity contribution < 1.29 is 9.13 Å². The van der Waals surface area contributed by atoms with Gasteiger partial charge in [0, 0.05) is 6.20 Å². The maximum atomic E-state index is 13.6. The first-order valence-electron chi connectivity index (χ1n) is 4.88. The molecule has 0 atom stereocenters. The van der Waals surface area contributed by atoms with Crippen molar-refractivity contribution in [2.24, 2.45) is 0 Å². The topological polar surface area (TPSA) is 71.9 Å². The van der Waals surface area contributed by atoms with Crippen LogP contribution in [0.3, 0.4) is 0 Å². The summed E-state index contributed by atoms with van der Waals surface area (Å²) in [6, 6.07) is 5.78. The third kappa shape index (κ3) is 2.41. The number of rotatable bonds is 2. The van der Waals surface area contributed by atoms with Gasteiger partial charge in [-0.3, -0.25) is 4.98 Å². The molecule has 18 heavy (non-hydrogen) atoms. The maximum Gasteiger partial charge on any atom is 0.167 e. The van der Waals surface area contributed by atoms with Crippen molar-refractivity contribution in [1.29, 1.82) is 5.26 Å². The lowest BCUT2D eigenvalue weighted by atomic mass is 10.2. The van der Waals surface area contributed by atoms with Crippen LogP contribution in [-0.2, 0) is 0 Å². The Kier molecular flexibility index (Phi) is 3.44. The molecule has 0 saturated heterocycles. The number of nitrogens with zero attached hydrogens (tertiary/aromatic N) is 2. The fraction of sp³-hybridized carbons (Fsp3) is 0. The van der Waals surface area contributed by atoms with Gasteiger partial charge in [-0.05, 0) is 34.1 Å². The Morgan fingerprint density at radius 3 is 2.78 bits per heavy atom. The lowest BCUT2D eigenvalue weighted by molar-refractivity contribution is 0.441. The van der Waals surface area contributed by atoms with Crippen molar-refractivity contribution >= 4 is 21.6 Å². The second kappa shape index (κ2) is 5.02. The molecule has 0 aliphatic rings. The number of hydrogen-bond acceptors (Lipinski definition) is 4. The Morgan fingerprint density at radius 1 is 1.39 bits per heavy atom. The first-order chi connectivity index (χ1) is 8.61. The predicted octanol–water partition coefficient (Wildman–Crippen LogP) is 3.23. The van der Waals surface area contributed by atoms with Crippen molar-refractivity contribution in [1.82, 2.24) is 4.98 Å². The first-order valence-corrected chi connectivity index (χ1v) is 5.67. The van der Waals surface area contributed by atoms with Crippen molar-refractivity contribution in [2.75, 3.05) is 5.73 Å². The van der Waals surface area contributed by atoms with E-state index in [1.54, 1.807) is 0 Å². The van der Waals surface area contributed by atoms with E-state index >= 15 is 0 Å². The van der Waals surface area contributed by atoms with E-state index in [1.165, 1.54) is 24.5 Å². The monoisotopic (exact) mass is 307 g/mol. The largest absolute Gasteiger partial charge is 0.451 e. The maximum absolute atomic E-state index is 13.6. The lowest BCUT2D eigenvalue weighted by Crippen LogP contribution is -1.96. The molecule has 6 heteroatoms. The molecule has 2 N–H and O–H groups in total. The first kappa shape index (κ1) is 12.3. The van der Waals surface area contributed by atoms with Crippen molar-refractivity contribution in [2.45, 2.75) is 0 Å². The quantitative estimate of drug-likeness (QED) is 0.924. The molecule has 0 amide bonds. The van der Waals surface area contributed by atoms with Gasteiger partial charge in [0.1, 0.15) is 0 Å². The van der Waals surface area contributed by atoms with Crippen LogP contribution in [0.15, 0.2) is 35.1 Å². The summed E-state index contributed by atoms with van der Waals surface area (Å²) in [7, 11) is 0. The zero-order valence-corrected chi connectivity index (χ0v) is 10.6. The Labute approximate surface area is 111 Å². The smallest absolute Gasteiger partial charge is 0.167 e. The third-order valence-electron chi connectivity index (χ3n) is 2.15. The number of anilines is 1. The average molecular weight is 308 g/mol. The number of ether oxygens (including phenoxy) is 1. The average Bonchev–Trinajstić information content (AvgIpc) is 2.35. The summed E-state index contributed by atoms with van der Waals surface area (Å²) in [6.45, 7) is 0. The van der Waals surface area contributed by atoms with Crippen LogP contribution in [0.4, 0.5) is 10.1 Å². The molecule has 0 aliphatic heterocycles. The Morgan fingerprint density at radius 2 is 2.17 bits per heavy atom. The fourth-order valence-corrected chi connectivity index (χ4v) is 1.74. The molecular formula is C12H7BrFN3O. The summed E-state index contributed by atoms with van der Waals surface area (Å²) in [5.74, 6) is -0.349. The summed E-state index contributed by atoms with van der Waals surface area (Å²) in [5.41, 5.74) is 6.19. The molecule has 0 spiro atoms. The molecule has 90 valence electrons. The number of nitrogens with two attached hydrogens (primary N) is 1. The Balaban J connectivity index is 2.38. The van der Waals surface area contributed by atoms with E-state index in [-0.39, 0.29) is 22.7 Å². The van der Waals surface area contributed by atoms with Crippen LogP contribution >= 0.6 is 15.9 Å². The number of aromatic nitrogens is 1. The van der Waals surface area contributed by atoms with Crippen molar-refractivity contribution in [3.05, 3.63) is 46.4 Å². The molecule has 0 radical (unpaired) electrons. The number of hydrogen-bond donors (Lipinski definition) is 1. The van der Waals surface area contributed by atoms with Crippen molar-refractivity contribution in [3.8, 4) is 17.6 Å². The Hall–Kier alpha value is -2.13. The van der Waals surface area contributed by atoms with Gasteiger partial charge < -0.3 is 10.5 Å². The molecule has 0 fully saturated rings. The van der Waals surface area contributed by atoms with E-state index < -0.39 is 5.82 Å². The van der Waals surface area contributed by atoms with E-state index in [0.29, 0.717) is 4.47 Å². The highest BCUT2D eigenvalue weighted by Gasteiger charge is 2.11. The van der Waals surface area contributed by atoms with Gasteiger partial charge in [-0.2, -0.15) is 5.26 Å². The Bertz CT molecular complexity index is 619. The minimum absolute atomic E-state index is 0.00685. The summed E-state index contributed by atoms with van der Waals surface area (Å²) < 4.78 is 19.5. The second-order valence-corrected chi connectivity index (χ2v) is 4.25. The number of pyridine rings is 1. The SMILES string of the molecule is N#Cc1ccc(Oc2c(N)cncc2Br)c(F)c1. The predicted molar refractivity (Wildman–Crippen MR) is 67.5 cm³/mol. The van der Waals surface area contributed by atoms with E-state index in [4.69, 9.17) is 15.7 Å². The molecule has 2 rings (SSSR count). The van der Waals surface area contributed by atoms with E-state index in [1.807, 2.05) is 6.07 Å². The molecule has 1 aromatic heterocycles. The zero-order chi connectivity index (χ0) is 13.1. The highest BCUT2D eigenvalue weighted by atomic mass is 79.9. The van der Waals surface area contributed by atoms with Crippen LogP contribution in [0.25, 0.3) is 0 Å². The standard InChI is InChI=1S/C12H7BrFN3O/c13-8-5-17-6-10(16)12(8)18-11-2-1-7(4-15)3-9(11)14/h1-3,5-6H,16H2. The van der Waals surface area contributed by atoms with Gasteiger partial charge in [0.25, 0.3) is 0 Å². The summed E-state index contributed by atoms with van der Waals surface area (Å²) in [5, 5.41) is 8.64. The highest BCUT2D eigenvalue weighted by Crippen LogP contribution is 2.35. The molecule has 0 unspecified atom stereocenters. The van der Waals surface area contributed by atoms with Crippen molar-refractivity contribution in [3.63, 3.8) is 0 Å². The number of halogens is 2. The van der Waals surface area contributed by atoms with Gasteiger partial charge in [0.15, 0.2) is 17.3 Å². The summed E-state index contributed by atoms with van der Waals surface area (Å²) in [4.78, 5) is 3.85. The van der Waals surface area contributed by atoms with Gasteiger partial charge in [0.2, 0.25) is 0 Å². The highest BCUT2D eigenvalue weighted by molar-refractivity contribution is 9.10. The van der Waals surface area contributed by atoms with Gasteiger partial charge in [-0.1, -0.05) is 0 Å². The van der Waals surface area contributed by atoms with E-state index in [2.05, 4.69) is 20.9 Å². The fourth-order valence-electron chi connectivity index (χ4n) is 1.31. The van der Waals surface area contributed by atoms with Gasteiger partial charge in [-0.25, -0.2) is 4.39 Å². The molecule has 0 aliphatic carbocycles. The van der Waals surface area contributed by atoms with Crippen LogP contribution < -0.4 is 10.5 Å². The molecule has 1 heterocycles. The minimum Gasteiger partial charge on any atom is -0.451 e. The second-order valence-electron chi connectivity index (χ2n) is 3.40. The van der Waals surface area contributed by atoms with Crippen LogP contribution in [-0.4, -0.2) is 4.98 Å². The number of nitriles is 1. The van der Waals surface area contributed by atoms with Gasteiger partial charge in [0.05, 0.1) is 28.0 Å². The van der Waals surface area contributed by atoms with E-state index in [9.17, 15) is 4.39 Å². The molecular weight excluding hydrogens is 301 g/mol. The lowest BCUT2D eigenvalue weighted by Gasteiger charge is -2.10. The minimum atomic E-state index is -0.628. The molecule has 4 nitrogen and oxygen atoms in total. The van der Waals surface area contributed by atoms with Gasteiger partial charge in [-0.15, -0.1) is 0 Å². The normalized spacial score (nSPS) is 9.83. The van der Waals surface area contributed by atoms with Crippen LogP contribution in [0, 0.1) is 17.1 Å². The van der Waals surface area contributed by atoms with E-state index in [0.717, 1.165) is 6.07 Å². The third-order valence-corrected chi connectivity index (χ3v) is 2.72. The molecule has 1 aromatic carbocycles. The number of nitrogen functional groups attached to an aromatic ring is 1. The summed E-state index contributed by atoms with van der Waals surface area (Å²) in [6.07, 6.45) is 2.90. The van der Waals surface area contributed by atoms with Crippen LogP contribution in [0.1, 0.15) is 5.56 Å².